The van der Waals surface area contributed by atoms with Crippen molar-refractivity contribution in [2.45, 2.75) is 45.4 Å². The Morgan fingerprint density at radius 3 is 2.40 bits per heavy atom. The molecule has 6 heteroatoms. The highest BCUT2D eigenvalue weighted by Crippen LogP contribution is 2.36. The highest BCUT2D eigenvalue weighted by atomic mass is 16.4. The first-order chi connectivity index (χ1) is 9.55. The molecule has 1 aliphatic carbocycles. The fraction of sp³-hybridized carbons (Fsp3) is 0.857. The molecule has 6 nitrogen and oxygen atoms in total. The van der Waals surface area contributed by atoms with Crippen molar-refractivity contribution in [3.63, 3.8) is 0 Å². The Morgan fingerprint density at radius 2 is 1.90 bits per heavy atom. The number of carbonyl (C=O) groups is 2. The Hall–Kier alpha value is -1.30. The van der Waals surface area contributed by atoms with E-state index in [1.807, 2.05) is 6.92 Å². The SMILES string of the molecule is CCN(CCCO)C(=O)NCC1(C(=O)O)CCCCC1. The molecule has 0 heterocycles. The van der Waals surface area contributed by atoms with Crippen molar-refractivity contribution < 1.29 is 19.8 Å². The Kier molecular flexibility index (Phi) is 6.78. The lowest BCUT2D eigenvalue weighted by molar-refractivity contribution is -0.150. The van der Waals surface area contributed by atoms with Crippen LogP contribution in [-0.2, 0) is 4.79 Å². The van der Waals surface area contributed by atoms with Crippen molar-refractivity contribution in [3.8, 4) is 0 Å². The Balaban J connectivity index is 2.53. The largest absolute Gasteiger partial charge is 0.481 e. The van der Waals surface area contributed by atoms with E-state index in [4.69, 9.17) is 5.11 Å². The number of nitrogens with one attached hydrogen (secondary N) is 1. The molecule has 0 aromatic heterocycles. The maximum Gasteiger partial charge on any atom is 0.317 e. The van der Waals surface area contributed by atoms with Crippen LogP contribution in [0.4, 0.5) is 4.79 Å². The van der Waals surface area contributed by atoms with Gasteiger partial charge in [0.05, 0.1) is 5.41 Å². The lowest BCUT2D eigenvalue weighted by atomic mass is 9.74. The van der Waals surface area contributed by atoms with Crippen LogP contribution in [0, 0.1) is 5.41 Å². The summed E-state index contributed by atoms with van der Waals surface area (Å²) in [6.07, 6.45) is 4.68. The molecule has 0 aromatic carbocycles. The van der Waals surface area contributed by atoms with E-state index in [0.717, 1.165) is 19.3 Å². The minimum Gasteiger partial charge on any atom is -0.481 e. The summed E-state index contributed by atoms with van der Waals surface area (Å²) in [7, 11) is 0. The van der Waals surface area contributed by atoms with E-state index >= 15 is 0 Å². The molecule has 0 aromatic rings. The lowest BCUT2D eigenvalue weighted by Crippen LogP contribution is -2.48. The van der Waals surface area contributed by atoms with Gasteiger partial charge in [-0.25, -0.2) is 4.79 Å². The maximum absolute atomic E-state index is 12.0. The quantitative estimate of drug-likeness (QED) is 0.660. The second-order valence-corrected chi connectivity index (χ2v) is 5.46. The van der Waals surface area contributed by atoms with Crippen LogP contribution in [0.25, 0.3) is 0 Å². The van der Waals surface area contributed by atoms with Gasteiger partial charge in [0.15, 0.2) is 0 Å². The number of hydrogen-bond acceptors (Lipinski definition) is 3. The van der Waals surface area contributed by atoms with Crippen LogP contribution in [-0.4, -0.2) is 53.4 Å². The molecule has 0 atom stereocenters. The van der Waals surface area contributed by atoms with Gasteiger partial charge in [-0.3, -0.25) is 4.79 Å². The molecule has 0 radical (unpaired) electrons. The van der Waals surface area contributed by atoms with Crippen molar-refractivity contribution in [2.24, 2.45) is 5.41 Å². The van der Waals surface area contributed by atoms with Gasteiger partial charge in [0.25, 0.3) is 0 Å². The molecule has 116 valence electrons. The number of carbonyl (C=O) groups excluding carboxylic acids is 1. The Bertz CT molecular complexity index is 327. The van der Waals surface area contributed by atoms with Crippen LogP contribution in [0.5, 0.6) is 0 Å². The predicted octanol–water partition coefficient (Wildman–Crippen LogP) is 1.44. The van der Waals surface area contributed by atoms with Gasteiger partial charge in [0.1, 0.15) is 0 Å². The van der Waals surface area contributed by atoms with E-state index in [1.54, 1.807) is 4.90 Å². The number of carboxylic acids is 1. The molecule has 1 saturated carbocycles. The summed E-state index contributed by atoms with van der Waals surface area (Å²) in [6, 6.07) is -0.243. The molecule has 0 unspecified atom stereocenters. The third kappa shape index (κ3) is 4.37. The molecular weight excluding hydrogens is 260 g/mol. The average Bonchev–Trinajstić information content (AvgIpc) is 2.46. The van der Waals surface area contributed by atoms with Crippen molar-refractivity contribution in [2.75, 3.05) is 26.2 Å². The number of rotatable bonds is 7. The van der Waals surface area contributed by atoms with E-state index in [9.17, 15) is 14.7 Å². The lowest BCUT2D eigenvalue weighted by Gasteiger charge is -2.34. The van der Waals surface area contributed by atoms with Crippen molar-refractivity contribution >= 4 is 12.0 Å². The number of aliphatic carboxylic acids is 1. The number of aliphatic hydroxyl groups excluding tert-OH is 1. The summed E-state index contributed by atoms with van der Waals surface area (Å²) < 4.78 is 0. The standard InChI is InChI=1S/C14H26N2O4/c1-2-16(9-6-10-17)13(20)15-11-14(12(18)19)7-4-3-5-8-14/h17H,2-11H2,1H3,(H,15,20)(H,18,19). The Morgan fingerprint density at radius 1 is 1.25 bits per heavy atom. The number of amides is 2. The zero-order chi connectivity index (χ0) is 15.0. The molecule has 0 aliphatic heterocycles. The van der Waals surface area contributed by atoms with E-state index in [-0.39, 0.29) is 19.2 Å². The summed E-state index contributed by atoms with van der Waals surface area (Å²) >= 11 is 0. The molecule has 2 amide bonds. The maximum atomic E-state index is 12.0. The van der Waals surface area contributed by atoms with Crippen LogP contribution in [0.15, 0.2) is 0 Å². The normalized spacial score (nSPS) is 17.5. The third-order valence-corrected chi connectivity index (χ3v) is 4.10. The van der Waals surface area contributed by atoms with Crippen LogP contribution in [0.3, 0.4) is 0 Å². The fourth-order valence-corrected chi connectivity index (χ4v) is 2.72. The molecular formula is C14H26N2O4. The molecule has 0 bridgehead atoms. The van der Waals surface area contributed by atoms with Gasteiger partial charge in [-0.05, 0) is 26.2 Å². The van der Waals surface area contributed by atoms with Crippen molar-refractivity contribution in [3.05, 3.63) is 0 Å². The summed E-state index contributed by atoms with van der Waals surface area (Å²) in [6.45, 7) is 3.13. The van der Waals surface area contributed by atoms with E-state index < -0.39 is 11.4 Å². The second-order valence-electron chi connectivity index (χ2n) is 5.46. The topological polar surface area (TPSA) is 89.9 Å². The molecule has 3 N–H and O–H groups in total. The van der Waals surface area contributed by atoms with Crippen molar-refractivity contribution in [1.82, 2.24) is 10.2 Å². The second kappa shape index (κ2) is 8.09. The highest BCUT2D eigenvalue weighted by Gasteiger charge is 2.40. The third-order valence-electron chi connectivity index (χ3n) is 4.10. The number of aliphatic hydroxyl groups is 1. The van der Waals surface area contributed by atoms with Crippen LogP contribution in [0.2, 0.25) is 0 Å². The van der Waals surface area contributed by atoms with Gasteiger partial charge in [0, 0.05) is 26.2 Å². The van der Waals surface area contributed by atoms with Crippen molar-refractivity contribution in [1.29, 1.82) is 0 Å². The van der Waals surface area contributed by atoms with Crippen LogP contribution in [0.1, 0.15) is 45.4 Å². The summed E-state index contributed by atoms with van der Waals surface area (Å²) in [4.78, 5) is 25.1. The first-order valence-electron chi connectivity index (χ1n) is 7.43. The number of nitrogens with zero attached hydrogens (tertiary/aromatic N) is 1. The monoisotopic (exact) mass is 286 g/mol. The van der Waals surface area contributed by atoms with Gasteiger partial charge < -0.3 is 20.4 Å². The van der Waals surface area contributed by atoms with Gasteiger partial charge in [-0.15, -0.1) is 0 Å². The smallest absolute Gasteiger partial charge is 0.317 e. The molecule has 1 rings (SSSR count). The molecule has 1 fully saturated rings. The highest BCUT2D eigenvalue weighted by molar-refractivity contribution is 5.78. The minimum atomic E-state index is -0.809. The summed E-state index contributed by atoms with van der Waals surface area (Å²) in [5, 5.41) is 21.0. The van der Waals surface area contributed by atoms with Crippen LogP contribution >= 0.6 is 0 Å². The first-order valence-corrected chi connectivity index (χ1v) is 7.43. The Labute approximate surface area is 120 Å². The predicted molar refractivity (Wildman–Crippen MR) is 75.5 cm³/mol. The van der Waals surface area contributed by atoms with Gasteiger partial charge in [-0.2, -0.15) is 0 Å². The fourth-order valence-electron chi connectivity index (χ4n) is 2.72. The molecule has 0 saturated heterocycles. The van der Waals surface area contributed by atoms with Gasteiger partial charge in [-0.1, -0.05) is 19.3 Å². The zero-order valence-electron chi connectivity index (χ0n) is 12.2. The zero-order valence-corrected chi connectivity index (χ0v) is 12.2. The number of carboxylic acid groups (broad SMARTS) is 1. The number of hydrogen-bond donors (Lipinski definition) is 3. The first kappa shape index (κ1) is 16.8. The molecule has 1 aliphatic rings. The van der Waals surface area contributed by atoms with E-state index in [2.05, 4.69) is 5.32 Å². The summed E-state index contributed by atoms with van der Waals surface area (Å²) in [5.74, 6) is -0.809. The molecule has 20 heavy (non-hydrogen) atoms. The van der Waals surface area contributed by atoms with Crippen LogP contribution < -0.4 is 5.32 Å². The van der Waals surface area contributed by atoms with E-state index in [1.165, 1.54) is 0 Å². The number of urea groups is 1. The molecule has 0 spiro atoms. The minimum absolute atomic E-state index is 0.0445. The van der Waals surface area contributed by atoms with Gasteiger partial charge >= 0.3 is 12.0 Å². The summed E-state index contributed by atoms with van der Waals surface area (Å²) in [5.41, 5.74) is -0.801. The van der Waals surface area contributed by atoms with E-state index in [0.29, 0.717) is 32.4 Å². The average molecular weight is 286 g/mol. The van der Waals surface area contributed by atoms with Gasteiger partial charge in [0.2, 0.25) is 0 Å².